The van der Waals surface area contributed by atoms with Crippen molar-refractivity contribution in [3.8, 4) is 0 Å². The lowest BCUT2D eigenvalue weighted by atomic mass is 10.1. The van der Waals surface area contributed by atoms with Crippen molar-refractivity contribution in [1.29, 1.82) is 0 Å². The number of benzene rings is 1. The molecule has 0 saturated heterocycles. The van der Waals surface area contributed by atoms with E-state index in [0.29, 0.717) is 20.5 Å². The Kier molecular flexibility index (Phi) is 2.78. The number of rotatable bonds is 2. The topological polar surface area (TPSA) is 0 Å². The smallest absolute Gasteiger partial charge is 0.118 e. The Bertz CT molecular complexity index is 702. The maximum absolute atomic E-state index is 13.4. The first-order valence-corrected chi connectivity index (χ1v) is 7.27. The molecule has 1 aromatic carbocycles. The molecule has 0 fully saturated rings. The van der Waals surface area contributed by atoms with Crippen molar-refractivity contribution in [1.82, 2.24) is 0 Å². The van der Waals surface area contributed by atoms with Gasteiger partial charge >= 0.3 is 5.51 Å². The molecule has 1 heterocycles. The van der Waals surface area contributed by atoms with Crippen LogP contribution in [0.2, 0.25) is 0 Å². The lowest BCUT2D eigenvalue weighted by Crippen LogP contribution is -1.98. The number of halogens is 3. The summed E-state index contributed by atoms with van der Waals surface area (Å²) in [6.45, 7) is 1.95. The number of thiophene rings is 1. The lowest BCUT2D eigenvalue weighted by molar-refractivity contribution is -0.0866. The summed E-state index contributed by atoms with van der Waals surface area (Å²) in [4.78, 5) is 0.401. The van der Waals surface area contributed by atoms with Crippen molar-refractivity contribution in [2.24, 2.45) is 0 Å². The van der Waals surface area contributed by atoms with Gasteiger partial charge in [-0.1, -0.05) is 19.1 Å². The van der Waals surface area contributed by atoms with E-state index < -0.39 is 16.0 Å². The quantitative estimate of drug-likeness (QED) is 0.630. The van der Waals surface area contributed by atoms with Gasteiger partial charge in [0.2, 0.25) is 0 Å². The number of hydrogen-bond donors (Lipinski definition) is 0. The van der Waals surface area contributed by atoms with Crippen molar-refractivity contribution in [3.05, 3.63) is 52.9 Å². The predicted molar refractivity (Wildman–Crippen MR) is 74.2 cm³/mol. The predicted octanol–water partition coefficient (Wildman–Crippen LogP) is 5.58. The van der Waals surface area contributed by atoms with E-state index in [1.165, 1.54) is 0 Å². The Morgan fingerprint density at radius 3 is 2.42 bits per heavy atom. The van der Waals surface area contributed by atoms with E-state index in [-0.39, 0.29) is 0 Å². The summed E-state index contributed by atoms with van der Waals surface area (Å²) in [5, 5.41) is 0.703. The molecule has 98 valence electrons. The minimum Gasteiger partial charge on any atom is -0.118 e. The average Bonchev–Trinajstić information content (AvgIpc) is 2.63. The second-order valence-corrected chi connectivity index (χ2v) is 6.42. The van der Waals surface area contributed by atoms with Gasteiger partial charge in [0.25, 0.3) is 0 Å². The van der Waals surface area contributed by atoms with Crippen LogP contribution in [0.5, 0.6) is 0 Å². The van der Waals surface area contributed by atoms with Gasteiger partial charge in [-0.05, 0) is 30.2 Å². The van der Waals surface area contributed by atoms with Gasteiger partial charge in [-0.2, -0.15) is 0 Å². The molecule has 0 aliphatic heterocycles. The van der Waals surface area contributed by atoms with Crippen molar-refractivity contribution in [2.75, 3.05) is 0 Å². The summed E-state index contributed by atoms with van der Waals surface area (Å²) < 4.78 is 40.5. The van der Waals surface area contributed by atoms with Gasteiger partial charge in [-0.15, -0.1) is 13.2 Å². The molecule has 4 heteroatoms. The van der Waals surface area contributed by atoms with Gasteiger partial charge in [0.15, 0.2) is 9.58 Å². The summed E-state index contributed by atoms with van der Waals surface area (Å²) in [5.74, 6) is 0. The van der Waals surface area contributed by atoms with E-state index in [1.54, 1.807) is 36.4 Å². The van der Waals surface area contributed by atoms with Gasteiger partial charge < -0.3 is 0 Å². The maximum Gasteiger partial charge on any atom is 0.601 e. The second kappa shape index (κ2) is 4.23. The van der Waals surface area contributed by atoms with Crippen molar-refractivity contribution < 1.29 is 13.2 Å². The maximum atomic E-state index is 13.4. The van der Waals surface area contributed by atoms with Gasteiger partial charge in [0.05, 0.1) is 0 Å². The molecule has 1 aliphatic rings. The molecular formula is C15H12F3S+. The van der Waals surface area contributed by atoms with Crippen LogP contribution < -0.4 is 0 Å². The van der Waals surface area contributed by atoms with Crippen LogP contribution >= 0.6 is 10.5 Å². The lowest BCUT2D eigenvalue weighted by Gasteiger charge is -2.04. The highest BCUT2D eigenvalue weighted by atomic mass is 32.2. The van der Waals surface area contributed by atoms with E-state index >= 15 is 0 Å². The van der Waals surface area contributed by atoms with Gasteiger partial charge in [-0.25, -0.2) is 0 Å². The van der Waals surface area contributed by atoms with E-state index in [0.717, 1.165) is 12.0 Å². The van der Waals surface area contributed by atoms with E-state index in [4.69, 9.17) is 0 Å². The zero-order valence-electron chi connectivity index (χ0n) is 10.3. The van der Waals surface area contributed by atoms with Crippen molar-refractivity contribution in [3.63, 3.8) is 0 Å². The summed E-state index contributed by atoms with van der Waals surface area (Å²) in [6, 6.07) is 7.09. The monoisotopic (exact) mass is 281 g/mol. The van der Waals surface area contributed by atoms with Crippen LogP contribution in [0.25, 0.3) is 15.7 Å². The normalized spacial score (nSPS) is 15.6. The summed E-state index contributed by atoms with van der Waals surface area (Å²) >= 11 is 0. The molecule has 3 rings (SSSR count). The molecule has 1 aromatic heterocycles. The Morgan fingerprint density at radius 1 is 1.16 bits per heavy atom. The first-order chi connectivity index (χ1) is 9.00. The number of allylic oxidation sites excluding steroid dienone is 4. The molecule has 1 unspecified atom stereocenters. The fourth-order valence-corrected chi connectivity index (χ4v) is 4.20. The second-order valence-electron chi connectivity index (χ2n) is 4.47. The van der Waals surface area contributed by atoms with Crippen LogP contribution in [-0.4, -0.2) is 0 Å². The van der Waals surface area contributed by atoms with Crippen molar-refractivity contribution in [2.45, 2.75) is 18.9 Å². The summed E-state index contributed by atoms with van der Waals surface area (Å²) in [6.07, 6.45) is 6.00. The number of hydrogen-bond acceptors (Lipinski definition) is 0. The first kappa shape index (κ1) is 12.5. The Labute approximate surface area is 111 Å². The van der Waals surface area contributed by atoms with Gasteiger partial charge in [0, 0.05) is 23.1 Å². The third-order valence-electron chi connectivity index (χ3n) is 3.28. The fraction of sp³-hybridized carbons (Fsp3) is 0.200. The van der Waals surface area contributed by atoms with Crippen LogP contribution in [0.1, 0.15) is 17.4 Å². The standard InChI is InChI=1S/C15H12F3S/c1-2-10-6-7-12-9-14(11-4-3-5-11)19(13(12)8-10)15(16,17)18/h3-9H,2H2,1H3/q+1. The minimum absolute atomic E-state index is 0.401. The highest BCUT2D eigenvalue weighted by Crippen LogP contribution is 2.53. The number of aryl methyl sites for hydroxylation is 1. The molecule has 0 N–H and O–H groups in total. The molecule has 1 atom stereocenters. The highest BCUT2D eigenvalue weighted by Gasteiger charge is 2.48. The molecule has 19 heavy (non-hydrogen) atoms. The molecule has 0 bridgehead atoms. The first-order valence-electron chi connectivity index (χ1n) is 6.05. The molecule has 0 radical (unpaired) electrons. The summed E-state index contributed by atoms with van der Waals surface area (Å²) in [5.41, 5.74) is -2.56. The molecule has 2 aromatic rings. The molecule has 0 amide bonds. The zero-order chi connectivity index (χ0) is 13.6. The van der Waals surface area contributed by atoms with Crippen LogP contribution in [0.15, 0.2) is 42.5 Å². The molecule has 0 nitrogen and oxygen atoms in total. The molecule has 0 spiro atoms. The molecule has 0 saturated carbocycles. The molecular weight excluding hydrogens is 269 g/mol. The highest BCUT2D eigenvalue weighted by molar-refractivity contribution is 7.39. The zero-order valence-corrected chi connectivity index (χ0v) is 11.1. The Balaban J connectivity index is 2.31. The summed E-state index contributed by atoms with van der Waals surface area (Å²) in [7, 11) is -1.81. The largest absolute Gasteiger partial charge is 0.601 e. The minimum atomic E-state index is -4.21. The average molecular weight is 281 g/mol. The number of alkyl halides is 3. The van der Waals surface area contributed by atoms with E-state index in [1.807, 2.05) is 13.0 Å². The third-order valence-corrected chi connectivity index (χ3v) is 5.33. The number of fused-ring (bicyclic) bond motifs is 1. The SMILES string of the molecule is CCc1ccc2cc(C3=CC=C3)[s+](C(F)(F)F)c2c1. The van der Waals surface area contributed by atoms with Gasteiger partial charge in [0.1, 0.15) is 10.5 Å². The third kappa shape index (κ3) is 2.00. The Hall–Kier alpha value is -1.55. The van der Waals surface area contributed by atoms with Gasteiger partial charge in [-0.3, -0.25) is 0 Å². The van der Waals surface area contributed by atoms with Crippen molar-refractivity contribution >= 4 is 26.1 Å². The molecule has 1 aliphatic carbocycles. The Morgan fingerprint density at radius 2 is 1.89 bits per heavy atom. The van der Waals surface area contributed by atoms with Crippen LogP contribution in [0, 0.1) is 0 Å². The van der Waals surface area contributed by atoms with Crippen LogP contribution in [0.4, 0.5) is 13.2 Å². The van der Waals surface area contributed by atoms with Crippen LogP contribution in [-0.2, 0) is 11.9 Å². The van der Waals surface area contributed by atoms with E-state index in [2.05, 4.69) is 0 Å². The van der Waals surface area contributed by atoms with E-state index in [9.17, 15) is 13.2 Å². The van der Waals surface area contributed by atoms with Crippen LogP contribution in [0.3, 0.4) is 0 Å². The fourth-order valence-electron chi connectivity index (χ4n) is 2.22.